The number of H-pyrrole nitrogens is 2. The predicted octanol–water partition coefficient (Wildman–Crippen LogP) is 3.96. The third-order valence-electron chi connectivity index (χ3n) is 5.63. The fourth-order valence-corrected chi connectivity index (χ4v) is 4.06. The predicted molar refractivity (Wildman–Crippen MR) is 141 cm³/mol. The van der Waals surface area contributed by atoms with Gasteiger partial charge in [-0.15, -0.1) is 13.2 Å². The number of hydrogen-bond donors (Lipinski definition) is 5. The zero-order chi connectivity index (χ0) is 27.8. The number of anilines is 1. The van der Waals surface area contributed by atoms with E-state index in [0.29, 0.717) is 43.7 Å². The van der Waals surface area contributed by atoms with Gasteiger partial charge in [0.25, 0.3) is 5.56 Å². The number of carbonyl (C=O) groups excluding carboxylic acids is 1. The summed E-state index contributed by atoms with van der Waals surface area (Å²) in [7, 11) is 0. The average Bonchev–Trinajstić information content (AvgIpc) is 3.36. The summed E-state index contributed by atoms with van der Waals surface area (Å²) in [6, 6.07) is 9.29. The van der Waals surface area contributed by atoms with Crippen molar-refractivity contribution in [3.63, 3.8) is 0 Å². The molecule has 0 saturated heterocycles. The third-order valence-corrected chi connectivity index (χ3v) is 5.92. The number of ether oxygens (including phenoxy) is 1. The maximum atomic E-state index is 12.3. The molecule has 2 aromatic carbocycles. The van der Waals surface area contributed by atoms with Gasteiger partial charge in [-0.25, -0.2) is 5.10 Å². The second-order valence-electron chi connectivity index (χ2n) is 8.56. The molecule has 0 atom stereocenters. The second-order valence-corrected chi connectivity index (χ2v) is 8.97. The summed E-state index contributed by atoms with van der Waals surface area (Å²) in [4.78, 5) is 23.8. The Morgan fingerprint density at radius 2 is 1.82 bits per heavy atom. The van der Waals surface area contributed by atoms with E-state index in [1.165, 1.54) is 18.2 Å². The minimum atomic E-state index is -4.81. The van der Waals surface area contributed by atoms with E-state index in [1.54, 1.807) is 12.4 Å². The van der Waals surface area contributed by atoms with Gasteiger partial charge in [-0.05, 0) is 41.8 Å². The fraction of sp³-hybridized carbons (Fsp3) is 0.280. The van der Waals surface area contributed by atoms with Crippen LogP contribution in [0.25, 0.3) is 22.0 Å². The van der Waals surface area contributed by atoms with Crippen LogP contribution in [0.5, 0.6) is 5.75 Å². The van der Waals surface area contributed by atoms with Gasteiger partial charge >= 0.3 is 6.36 Å². The number of amides is 1. The van der Waals surface area contributed by atoms with Gasteiger partial charge in [0.1, 0.15) is 5.75 Å². The normalized spacial score (nSPS) is 11.5. The topological polar surface area (TPSA) is 137 Å². The number of halogens is 4. The molecule has 10 nitrogen and oxygen atoms in total. The zero-order valence-electron chi connectivity index (χ0n) is 20.5. The summed E-state index contributed by atoms with van der Waals surface area (Å²) in [5, 5.41) is 23.2. The Kier molecular flexibility index (Phi) is 9.04. The molecule has 0 aliphatic heterocycles. The molecule has 39 heavy (non-hydrogen) atoms. The maximum absolute atomic E-state index is 12.3. The molecule has 0 spiro atoms. The number of rotatable bonds is 12. The van der Waals surface area contributed by atoms with Crippen LogP contribution in [0.1, 0.15) is 18.4 Å². The van der Waals surface area contributed by atoms with Gasteiger partial charge in [0.15, 0.2) is 0 Å². The number of benzene rings is 2. The summed E-state index contributed by atoms with van der Waals surface area (Å²) < 4.78 is 40.8. The largest absolute Gasteiger partial charge is 0.573 e. The van der Waals surface area contributed by atoms with Crippen molar-refractivity contribution in [2.75, 3.05) is 25.0 Å². The third kappa shape index (κ3) is 8.19. The van der Waals surface area contributed by atoms with Crippen LogP contribution in [-0.2, 0) is 11.3 Å². The molecular weight excluding hydrogens is 539 g/mol. The Morgan fingerprint density at radius 3 is 2.59 bits per heavy atom. The first-order valence-corrected chi connectivity index (χ1v) is 12.3. The van der Waals surface area contributed by atoms with Crippen molar-refractivity contribution in [1.82, 2.24) is 31.0 Å². The van der Waals surface area contributed by atoms with E-state index in [2.05, 4.69) is 41.1 Å². The molecule has 206 valence electrons. The van der Waals surface area contributed by atoms with Crippen LogP contribution in [0, 0.1) is 0 Å². The highest BCUT2D eigenvalue weighted by molar-refractivity contribution is 6.32. The van der Waals surface area contributed by atoms with E-state index in [-0.39, 0.29) is 22.9 Å². The van der Waals surface area contributed by atoms with Crippen LogP contribution in [0.4, 0.5) is 18.9 Å². The lowest BCUT2D eigenvalue weighted by Crippen LogP contribution is -2.29. The van der Waals surface area contributed by atoms with Crippen LogP contribution >= 0.6 is 11.6 Å². The molecule has 4 rings (SSSR count). The van der Waals surface area contributed by atoms with E-state index in [4.69, 9.17) is 11.6 Å². The number of aromatic amines is 2. The number of hydrogen-bond acceptors (Lipinski definition) is 7. The standard InChI is InChI=1S/C25H25ClF3N7O3/c26-19-8-15(2-3-22(19)39-25(27,28)29)12-30-7-4-23(37)32-6-1-5-31-20-9-16(10-21-18(20)14-34-35-21)17-11-24(38)36-33-13-17/h2-3,8-11,13-14,30-31H,1,4-7,12H2,(H,32,37)(H,34,35)(H,36,38). The van der Waals surface area contributed by atoms with Gasteiger partial charge in [0.05, 0.1) is 22.9 Å². The van der Waals surface area contributed by atoms with Gasteiger partial charge in [0, 0.05) is 55.3 Å². The van der Waals surface area contributed by atoms with Crippen molar-refractivity contribution < 1.29 is 22.7 Å². The Labute approximate surface area is 225 Å². The number of aromatic nitrogens is 4. The van der Waals surface area contributed by atoms with E-state index in [9.17, 15) is 22.8 Å². The quantitative estimate of drug-likeness (QED) is 0.165. The smallest absolute Gasteiger partial charge is 0.404 e. The van der Waals surface area contributed by atoms with Crippen LogP contribution in [0.3, 0.4) is 0 Å². The van der Waals surface area contributed by atoms with E-state index >= 15 is 0 Å². The highest BCUT2D eigenvalue weighted by Gasteiger charge is 2.32. The molecule has 5 N–H and O–H groups in total. The van der Waals surface area contributed by atoms with Crippen LogP contribution in [0.15, 0.2) is 53.6 Å². The molecule has 14 heteroatoms. The number of nitrogens with zero attached hydrogens (tertiary/aromatic N) is 2. The highest BCUT2D eigenvalue weighted by Crippen LogP contribution is 2.31. The Morgan fingerprint density at radius 1 is 1.00 bits per heavy atom. The van der Waals surface area contributed by atoms with Gasteiger partial charge in [-0.3, -0.25) is 14.7 Å². The van der Waals surface area contributed by atoms with E-state index < -0.39 is 12.1 Å². The zero-order valence-corrected chi connectivity index (χ0v) is 21.2. The molecule has 0 aliphatic rings. The first-order valence-electron chi connectivity index (χ1n) is 12.0. The molecule has 0 aliphatic carbocycles. The molecule has 4 aromatic rings. The lowest BCUT2D eigenvalue weighted by molar-refractivity contribution is -0.274. The lowest BCUT2D eigenvalue weighted by Gasteiger charge is -2.12. The molecule has 0 fully saturated rings. The summed E-state index contributed by atoms with van der Waals surface area (Å²) in [6.45, 7) is 1.77. The first-order chi connectivity index (χ1) is 18.7. The molecular formula is C25H25ClF3N7O3. The van der Waals surface area contributed by atoms with Crippen molar-refractivity contribution in [3.05, 3.63) is 69.7 Å². The van der Waals surface area contributed by atoms with Gasteiger partial charge < -0.3 is 20.7 Å². The first kappa shape index (κ1) is 27.9. The highest BCUT2D eigenvalue weighted by atomic mass is 35.5. The molecule has 2 heterocycles. The monoisotopic (exact) mass is 563 g/mol. The molecule has 0 bridgehead atoms. The minimum absolute atomic E-state index is 0.129. The minimum Gasteiger partial charge on any atom is -0.404 e. The van der Waals surface area contributed by atoms with Crippen LogP contribution in [-0.4, -0.2) is 52.3 Å². The number of fused-ring (bicyclic) bond motifs is 1. The number of alkyl halides is 3. The molecule has 0 saturated carbocycles. The van der Waals surface area contributed by atoms with Crippen molar-refractivity contribution >= 4 is 34.1 Å². The van der Waals surface area contributed by atoms with E-state index in [1.807, 2.05) is 12.1 Å². The van der Waals surface area contributed by atoms with Crippen molar-refractivity contribution in [2.24, 2.45) is 0 Å². The van der Waals surface area contributed by atoms with Gasteiger partial charge in [-0.1, -0.05) is 17.7 Å². The van der Waals surface area contributed by atoms with Gasteiger partial charge in [-0.2, -0.15) is 10.2 Å². The maximum Gasteiger partial charge on any atom is 0.573 e. The summed E-state index contributed by atoms with van der Waals surface area (Å²) in [6.07, 6.45) is -0.623. The SMILES string of the molecule is O=C(CCNCc1ccc(OC(F)(F)F)c(Cl)c1)NCCCNc1cc(-c2cn[nH]c(=O)c2)cc2[nH]ncc12. The summed E-state index contributed by atoms with van der Waals surface area (Å²) in [5.74, 6) is -0.593. The second kappa shape index (κ2) is 12.6. The lowest BCUT2D eigenvalue weighted by atomic mass is 10.0. The van der Waals surface area contributed by atoms with Crippen molar-refractivity contribution in [1.29, 1.82) is 0 Å². The van der Waals surface area contributed by atoms with Crippen LogP contribution < -0.4 is 26.2 Å². The molecule has 1 amide bonds. The van der Waals surface area contributed by atoms with E-state index in [0.717, 1.165) is 28.2 Å². The van der Waals surface area contributed by atoms with Gasteiger partial charge in [0.2, 0.25) is 5.91 Å². The number of nitrogens with one attached hydrogen (secondary N) is 5. The van der Waals surface area contributed by atoms with Crippen molar-refractivity contribution in [3.8, 4) is 16.9 Å². The molecule has 0 radical (unpaired) electrons. The Bertz CT molecular complexity index is 1490. The number of carbonyl (C=O) groups is 1. The Balaban J connectivity index is 1.17. The molecule has 0 unspecified atom stereocenters. The van der Waals surface area contributed by atoms with Crippen LogP contribution in [0.2, 0.25) is 5.02 Å². The average molecular weight is 564 g/mol. The summed E-state index contributed by atoms with van der Waals surface area (Å²) in [5.41, 5.74) is 3.49. The fourth-order valence-electron chi connectivity index (χ4n) is 3.82. The summed E-state index contributed by atoms with van der Waals surface area (Å²) >= 11 is 5.84. The molecule has 2 aromatic heterocycles. The Hall–Kier alpha value is -4.10. The van der Waals surface area contributed by atoms with Crippen molar-refractivity contribution in [2.45, 2.75) is 25.7 Å².